The third kappa shape index (κ3) is 2.97. The molecule has 1 aliphatic rings. The van der Waals surface area contributed by atoms with Crippen LogP contribution in [0, 0.1) is 6.92 Å². The number of rotatable bonds is 3. The first-order valence-corrected chi connectivity index (χ1v) is 10.7. The first-order valence-electron chi connectivity index (χ1n) is 7.61. The van der Waals surface area contributed by atoms with Gasteiger partial charge in [0.15, 0.2) is 0 Å². The van der Waals surface area contributed by atoms with Gasteiger partial charge in [0.25, 0.3) is 15.6 Å². The highest BCUT2D eigenvalue weighted by Crippen LogP contribution is 2.26. The van der Waals surface area contributed by atoms with Crippen LogP contribution in [0.5, 0.6) is 0 Å². The van der Waals surface area contributed by atoms with Gasteiger partial charge >= 0.3 is 0 Å². The van der Waals surface area contributed by atoms with E-state index in [4.69, 9.17) is 0 Å². The molecule has 4 rings (SSSR count). The molecule has 0 spiro atoms. The molecular formula is C14H15N5O3S3. The third-order valence-corrected chi connectivity index (χ3v) is 8.20. The molecule has 132 valence electrons. The Morgan fingerprint density at radius 3 is 2.64 bits per heavy atom. The van der Waals surface area contributed by atoms with Crippen molar-refractivity contribution in [2.45, 2.75) is 11.1 Å². The van der Waals surface area contributed by atoms with E-state index in [2.05, 4.69) is 10.1 Å². The molecule has 0 bridgehead atoms. The van der Waals surface area contributed by atoms with Gasteiger partial charge in [0.05, 0.1) is 0 Å². The smallest absolute Gasteiger partial charge is 0.275 e. The van der Waals surface area contributed by atoms with Crippen molar-refractivity contribution in [1.82, 2.24) is 18.9 Å². The Balaban J connectivity index is 1.54. The molecule has 0 N–H and O–H groups in total. The van der Waals surface area contributed by atoms with E-state index in [1.807, 2.05) is 4.90 Å². The van der Waals surface area contributed by atoms with Crippen molar-refractivity contribution in [1.29, 1.82) is 0 Å². The maximum Gasteiger partial charge on any atom is 0.275 e. The van der Waals surface area contributed by atoms with E-state index in [1.165, 1.54) is 37.6 Å². The van der Waals surface area contributed by atoms with Crippen LogP contribution in [0.25, 0.3) is 4.96 Å². The summed E-state index contributed by atoms with van der Waals surface area (Å²) in [5, 5.41) is 6.78. The third-order valence-electron chi connectivity index (χ3n) is 3.96. The molecule has 0 radical (unpaired) electrons. The van der Waals surface area contributed by atoms with Crippen LogP contribution in [0.3, 0.4) is 0 Å². The zero-order valence-electron chi connectivity index (χ0n) is 13.3. The maximum atomic E-state index is 12.6. The second kappa shape index (κ2) is 6.16. The topological polar surface area (TPSA) is 87.9 Å². The molecule has 0 saturated carbocycles. The summed E-state index contributed by atoms with van der Waals surface area (Å²) >= 11 is 2.57. The van der Waals surface area contributed by atoms with Crippen LogP contribution >= 0.6 is 22.7 Å². The zero-order chi connectivity index (χ0) is 17.6. The fraction of sp³-hybridized carbons (Fsp3) is 0.357. The molecule has 11 heteroatoms. The monoisotopic (exact) mass is 397 g/mol. The Kier molecular flexibility index (Phi) is 4.10. The molecule has 0 aromatic carbocycles. The highest BCUT2D eigenvalue weighted by Gasteiger charge is 2.30. The van der Waals surface area contributed by atoms with Gasteiger partial charge in [-0.1, -0.05) is 17.4 Å². The van der Waals surface area contributed by atoms with Gasteiger partial charge in [0.2, 0.25) is 10.1 Å². The van der Waals surface area contributed by atoms with Crippen LogP contribution in [0.2, 0.25) is 0 Å². The predicted molar refractivity (Wildman–Crippen MR) is 97.2 cm³/mol. The molecule has 1 saturated heterocycles. The lowest BCUT2D eigenvalue weighted by atomic mass is 10.4. The number of aromatic nitrogens is 3. The van der Waals surface area contributed by atoms with Crippen LogP contribution in [0.15, 0.2) is 32.6 Å². The first-order chi connectivity index (χ1) is 11.9. The van der Waals surface area contributed by atoms with Crippen molar-refractivity contribution in [3.8, 4) is 0 Å². The highest BCUT2D eigenvalue weighted by atomic mass is 32.2. The van der Waals surface area contributed by atoms with Crippen molar-refractivity contribution in [3.05, 3.63) is 39.6 Å². The Labute approximate surface area is 152 Å². The van der Waals surface area contributed by atoms with Crippen LogP contribution in [-0.2, 0) is 10.0 Å². The molecule has 0 atom stereocenters. The molecule has 25 heavy (non-hydrogen) atoms. The summed E-state index contributed by atoms with van der Waals surface area (Å²) < 4.78 is 28.3. The molecule has 3 aromatic heterocycles. The van der Waals surface area contributed by atoms with Crippen molar-refractivity contribution >= 4 is 42.8 Å². The minimum Gasteiger partial charge on any atom is -0.344 e. The van der Waals surface area contributed by atoms with Crippen molar-refractivity contribution in [3.63, 3.8) is 0 Å². The Hall–Kier alpha value is -1.82. The lowest BCUT2D eigenvalue weighted by Crippen LogP contribution is -2.48. The quantitative estimate of drug-likeness (QED) is 0.656. The molecule has 0 amide bonds. The summed E-state index contributed by atoms with van der Waals surface area (Å²) in [5.41, 5.74) is 0.455. The zero-order valence-corrected chi connectivity index (χ0v) is 15.8. The van der Waals surface area contributed by atoms with E-state index in [1.54, 1.807) is 24.4 Å². The molecule has 0 aliphatic carbocycles. The molecule has 8 nitrogen and oxygen atoms in total. The van der Waals surface area contributed by atoms with Crippen LogP contribution in [0.4, 0.5) is 5.13 Å². The summed E-state index contributed by atoms with van der Waals surface area (Å²) in [4.78, 5) is 18.8. The fourth-order valence-electron chi connectivity index (χ4n) is 2.70. The largest absolute Gasteiger partial charge is 0.344 e. The lowest BCUT2D eigenvalue weighted by Gasteiger charge is -2.33. The number of anilines is 1. The standard InChI is InChI=1S/C14H15N5O3S3/c1-10-9-11(20)19-13(15-10)24-14(16-19)17-4-6-18(7-5-17)25(21,22)12-3-2-8-23-12/h2-3,8-9H,4-7H2,1H3. The number of thiophene rings is 1. The summed E-state index contributed by atoms with van der Waals surface area (Å²) in [5.74, 6) is 0. The van der Waals surface area contributed by atoms with Gasteiger partial charge in [-0.05, 0) is 18.4 Å². The minimum absolute atomic E-state index is 0.205. The SMILES string of the molecule is Cc1cc(=O)n2nc(N3CCN(S(=O)(=O)c4cccs4)CC3)sc2n1. The van der Waals surface area contributed by atoms with Crippen LogP contribution < -0.4 is 10.5 Å². The Bertz CT molecular complexity index is 1060. The molecule has 1 fully saturated rings. The molecule has 0 unspecified atom stereocenters. The predicted octanol–water partition coefficient (Wildman–Crippen LogP) is 1.03. The molecular weight excluding hydrogens is 382 g/mol. The van der Waals surface area contributed by atoms with E-state index < -0.39 is 10.0 Å². The van der Waals surface area contributed by atoms with Crippen LogP contribution in [-0.4, -0.2) is 53.5 Å². The number of sulfonamides is 1. The van der Waals surface area contributed by atoms with Gasteiger partial charge in [0.1, 0.15) is 4.21 Å². The molecule has 1 aliphatic heterocycles. The number of hydrogen-bond donors (Lipinski definition) is 0. The van der Waals surface area contributed by atoms with E-state index in [-0.39, 0.29) is 5.56 Å². The fourth-order valence-corrected chi connectivity index (χ4v) is 6.27. The van der Waals surface area contributed by atoms with E-state index in [9.17, 15) is 13.2 Å². The second-order valence-corrected chi connectivity index (χ2v) is 9.68. The van der Waals surface area contributed by atoms with Gasteiger partial charge in [-0.15, -0.1) is 16.4 Å². The van der Waals surface area contributed by atoms with Gasteiger partial charge in [0, 0.05) is 37.9 Å². The summed E-state index contributed by atoms with van der Waals surface area (Å²) in [7, 11) is -3.42. The summed E-state index contributed by atoms with van der Waals surface area (Å²) in [6.45, 7) is 3.60. The Morgan fingerprint density at radius 1 is 1.20 bits per heavy atom. The number of fused-ring (bicyclic) bond motifs is 1. The number of nitrogens with zero attached hydrogens (tertiary/aromatic N) is 5. The van der Waals surface area contributed by atoms with Crippen LogP contribution in [0.1, 0.15) is 5.69 Å². The average molecular weight is 398 g/mol. The van der Waals surface area contributed by atoms with Gasteiger partial charge in [-0.25, -0.2) is 13.4 Å². The highest BCUT2D eigenvalue weighted by molar-refractivity contribution is 7.91. The average Bonchev–Trinajstić information content (AvgIpc) is 3.25. The number of hydrogen-bond acceptors (Lipinski definition) is 8. The van der Waals surface area contributed by atoms with E-state index in [0.717, 1.165) is 0 Å². The summed E-state index contributed by atoms with van der Waals surface area (Å²) in [6.07, 6.45) is 0. The maximum absolute atomic E-state index is 12.6. The van der Waals surface area contributed by atoms with Gasteiger partial charge in [-0.2, -0.15) is 8.82 Å². The lowest BCUT2D eigenvalue weighted by molar-refractivity contribution is 0.385. The van der Waals surface area contributed by atoms with Crippen molar-refractivity contribution < 1.29 is 8.42 Å². The minimum atomic E-state index is -3.42. The van der Waals surface area contributed by atoms with Gasteiger partial charge < -0.3 is 4.90 Å². The van der Waals surface area contributed by atoms with Crippen molar-refractivity contribution in [2.75, 3.05) is 31.1 Å². The molecule has 4 heterocycles. The van der Waals surface area contributed by atoms with Crippen molar-refractivity contribution in [2.24, 2.45) is 0 Å². The van der Waals surface area contributed by atoms with E-state index in [0.29, 0.717) is 46.2 Å². The second-order valence-electron chi connectivity index (χ2n) is 5.64. The first kappa shape index (κ1) is 16.6. The normalized spacial score (nSPS) is 16.6. The summed E-state index contributed by atoms with van der Waals surface area (Å²) in [6, 6.07) is 4.81. The number of aryl methyl sites for hydroxylation is 1. The molecule has 3 aromatic rings. The van der Waals surface area contributed by atoms with Gasteiger partial charge in [-0.3, -0.25) is 4.79 Å². The van der Waals surface area contributed by atoms with E-state index >= 15 is 0 Å². The Morgan fingerprint density at radius 2 is 1.96 bits per heavy atom. The number of piperazine rings is 1.